The van der Waals surface area contributed by atoms with Crippen molar-refractivity contribution in [2.45, 2.75) is 6.42 Å². The van der Waals surface area contributed by atoms with Crippen LogP contribution in [0.3, 0.4) is 0 Å². The Bertz CT molecular complexity index is 593. The van der Waals surface area contributed by atoms with Crippen LogP contribution in [0.15, 0.2) is 48.5 Å². The molecule has 0 aliphatic rings. The van der Waals surface area contributed by atoms with Gasteiger partial charge >= 0.3 is 0 Å². The highest BCUT2D eigenvalue weighted by atomic mass is 16.7. The molecule has 5 heteroatoms. The van der Waals surface area contributed by atoms with Crippen LogP contribution in [0.2, 0.25) is 0 Å². The van der Waals surface area contributed by atoms with Gasteiger partial charge < -0.3 is 9.84 Å². The molecule has 0 aliphatic heterocycles. The molecule has 5 nitrogen and oxygen atoms in total. The van der Waals surface area contributed by atoms with Crippen LogP contribution in [-0.2, 0) is 16.1 Å². The van der Waals surface area contributed by atoms with Crippen LogP contribution in [0.1, 0.15) is 5.56 Å². The summed E-state index contributed by atoms with van der Waals surface area (Å²) in [6.07, 6.45) is 0.181. The Hall–Kier alpha value is -2.53. The second kappa shape index (κ2) is 6.76. The molecule has 0 saturated carbocycles. The molecule has 0 heterocycles. The van der Waals surface area contributed by atoms with E-state index in [-0.39, 0.29) is 18.1 Å². The summed E-state index contributed by atoms with van der Waals surface area (Å²) in [5.41, 5.74) is 1.43. The first-order valence-corrected chi connectivity index (χ1v) is 6.43. The number of phenolic OH excluding ortho intramolecular Hbond substituents is 1. The molecule has 0 fully saturated rings. The van der Waals surface area contributed by atoms with E-state index in [4.69, 9.17) is 9.57 Å². The van der Waals surface area contributed by atoms with Crippen LogP contribution in [0.25, 0.3) is 0 Å². The highest BCUT2D eigenvalue weighted by molar-refractivity contribution is 5.92. The van der Waals surface area contributed by atoms with E-state index in [0.29, 0.717) is 11.4 Å². The quantitative estimate of drug-likeness (QED) is 0.859. The molecule has 2 rings (SSSR count). The molecule has 0 radical (unpaired) electrons. The Kier molecular flexibility index (Phi) is 4.79. The molecule has 1 amide bonds. The molecule has 1 N–H and O–H groups in total. The fourth-order valence-corrected chi connectivity index (χ4v) is 1.93. The van der Waals surface area contributed by atoms with E-state index in [1.54, 1.807) is 55.6 Å². The van der Waals surface area contributed by atoms with Crippen LogP contribution in [0.4, 0.5) is 5.69 Å². The SMILES string of the molecule is COc1ccc(N(OC)C(=O)Cc2ccc(O)cc2)cc1. The van der Waals surface area contributed by atoms with E-state index >= 15 is 0 Å². The van der Waals surface area contributed by atoms with Crippen molar-refractivity contribution in [3.05, 3.63) is 54.1 Å². The number of carbonyl (C=O) groups is 1. The van der Waals surface area contributed by atoms with E-state index in [2.05, 4.69) is 0 Å². The van der Waals surface area contributed by atoms with Crippen LogP contribution in [0, 0.1) is 0 Å². The van der Waals surface area contributed by atoms with Gasteiger partial charge in [-0.25, -0.2) is 0 Å². The summed E-state index contributed by atoms with van der Waals surface area (Å²) in [5.74, 6) is 0.680. The number of ether oxygens (including phenoxy) is 1. The summed E-state index contributed by atoms with van der Waals surface area (Å²) in [7, 11) is 3.03. The molecular formula is C16H17NO4. The number of nitrogens with zero attached hydrogens (tertiary/aromatic N) is 1. The summed E-state index contributed by atoms with van der Waals surface area (Å²) in [6, 6.07) is 13.5. The minimum absolute atomic E-state index is 0.171. The average Bonchev–Trinajstić information content (AvgIpc) is 2.51. The van der Waals surface area contributed by atoms with Crippen molar-refractivity contribution in [1.82, 2.24) is 0 Å². The molecule has 0 bridgehead atoms. The molecule has 0 aromatic heterocycles. The summed E-state index contributed by atoms with van der Waals surface area (Å²) < 4.78 is 5.08. The number of aromatic hydroxyl groups is 1. The highest BCUT2D eigenvalue weighted by Crippen LogP contribution is 2.20. The van der Waals surface area contributed by atoms with Gasteiger partial charge in [0, 0.05) is 0 Å². The van der Waals surface area contributed by atoms with Crippen LogP contribution in [-0.4, -0.2) is 25.2 Å². The maximum Gasteiger partial charge on any atom is 0.255 e. The zero-order chi connectivity index (χ0) is 15.2. The number of hydrogen-bond donors (Lipinski definition) is 1. The maximum atomic E-state index is 12.3. The van der Waals surface area contributed by atoms with Gasteiger partial charge in [0.05, 0.1) is 26.3 Å². The standard InChI is InChI=1S/C16H17NO4/c1-20-15-9-5-13(6-10-15)17(21-2)16(19)11-12-3-7-14(18)8-4-12/h3-10,18H,11H2,1-2H3. The van der Waals surface area contributed by atoms with E-state index < -0.39 is 0 Å². The number of carbonyl (C=O) groups excluding carboxylic acids is 1. The molecule has 2 aromatic carbocycles. The van der Waals surface area contributed by atoms with Gasteiger partial charge in [-0.2, -0.15) is 5.06 Å². The molecular weight excluding hydrogens is 270 g/mol. The summed E-state index contributed by atoms with van der Waals surface area (Å²) >= 11 is 0. The lowest BCUT2D eigenvalue weighted by Crippen LogP contribution is -2.31. The lowest BCUT2D eigenvalue weighted by molar-refractivity contribution is -0.124. The maximum absolute atomic E-state index is 12.3. The molecule has 0 unspecified atom stereocenters. The Balaban J connectivity index is 2.12. The van der Waals surface area contributed by atoms with E-state index in [0.717, 1.165) is 5.56 Å². The fourth-order valence-electron chi connectivity index (χ4n) is 1.93. The number of rotatable bonds is 5. The zero-order valence-electron chi connectivity index (χ0n) is 11.9. The van der Waals surface area contributed by atoms with E-state index in [1.807, 2.05) is 0 Å². The molecule has 0 saturated heterocycles. The molecule has 0 spiro atoms. The minimum atomic E-state index is -0.201. The van der Waals surface area contributed by atoms with Crippen molar-refractivity contribution in [1.29, 1.82) is 0 Å². The zero-order valence-corrected chi connectivity index (χ0v) is 11.9. The molecule has 0 atom stereocenters. The number of anilines is 1. The fraction of sp³-hybridized carbons (Fsp3) is 0.188. The van der Waals surface area contributed by atoms with Crippen molar-refractivity contribution in [2.24, 2.45) is 0 Å². The number of benzene rings is 2. The summed E-state index contributed by atoms with van der Waals surface area (Å²) in [6.45, 7) is 0. The van der Waals surface area contributed by atoms with Crippen LogP contribution in [0.5, 0.6) is 11.5 Å². The highest BCUT2D eigenvalue weighted by Gasteiger charge is 2.16. The topological polar surface area (TPSA) is 59.0 Å². The van der Waals surface area contributed by atoms with Gasteiger partial charge in [-0.3, -0.25) is 9.63 Å². The monoisotopic (exact) mass is 287 g/mol. The first kappa shape index (κ1) is 14.9. The third-order valence-electron chi connectivity index (χ3n) is 3.01. The Morgan fingerprint density at radius 1 is 1.05 bits per heavy atom. The van der Waals surface area contributed by atoms with Crippen LogP contribution < -0.4 is 9.80 Å². The summed E-state index contributed by atoms with van der Waals surface area (Å²) in [5, 5.41) is 10.5. The van der Waals surface area contributed by atoms with E-state index in [9.17, 15) is 9.90 Å². The number of methoxy groups -OCH3 is 1. The average molecular weight is 287 g/mol. The number of amides is 1. The first-order chi connectivity index (χ1) is 10.1. The first-order valence-electron chi connectivity index (χ1n) is 6.43. The number of hydroxylamine groups is 1. The second-order valence-corrected chi connectivity index (χ2v) is 4.41. The van der Waals surface area contributed by atoms with Gasteiger partial charge in [0.15, 0.2) is 0 Å². The smallest absolute Gasteiger partial charge is 0.255 e. The van der Waals surface area contributed by atoms with Gasteiger partial charge in [-0.1, -0.05) is 12.1 Å². The van der Waals surface area contributed by atoms with E-state index in [1.165, 1.54) is 12.2 Å². The van der Waals surface area contributed by atoms with Crippen molar-refractivity contribution in [2.75, 3.05) is 19.3 Å². The summed E-state index contributed by atoms with van der Waals surface area (Å²) in [4.78, 5) is 17.5. The van der Waals surface area contributed by atoms with Crippen molar-refractivity contribution in [3.63, 3.8) is 0 Å². The lowest BCUT2D eigenvalue weighted by Gasteiger charge is -2.20. The Labute approximate surface area is 123 Å². The van der Waals surface area contributed by atoms with Crippen molar-refractivity contribution < 1.29 is 19.5 Å². The number of hydrogen-bond acceptors (Lipinski definition) is 4. The number of phenols is 1. The second-order valence-electron chi connectivity index (χ2n) is 4.41. The normalized spacial score (nSPS) is 10.2. The third-order valence-corrected chi connectivity index (χ3v) is 3.01. The predicted molar refractivity (Wildman–Crippen MR) is 79.3 cm³/mol. The van der Waals surface area contributed by atoms with Gasteiger partial charge in [-0.05, 0) is 42.0 Å². The molecule has 21 heavy (non-hydrogen) atoms. The minimum Gasteiger partial charge on any atom is -0.508 e. The van der Waals surface area contributed by atoms with Gasteiger partial charge in [0.2, 0.25) is 0 Å². The molecule has 110 valence electrons. The largest absolute Gasteiger partial charge is 0.508 e. The van der Waals surface area contributed by atoms with Gasteiger partial charge in [0.1, 0.15) is 11.5 Å². The third kappa shape index (κ3) is 3.73. The van der Waals surface area contributed by atoms with Gasteiger partial charge in [0.25, 0.3) is 5.91 Å². The lowest BCUT2D eigenvalue weighted by atomic mass is 10.1. The molecule has 2 aromatic rings. The molecule has 0 aliphatic carbocycles. The van der Waals surface area contributed by atoms with Crippen LogP contribution >= 0.6 is 0 Å². The Morgan fingerprint density at radius 2 is 1.67 bits per heavy atom. The van der Waals surface area contributed by atoms with Gasteiger partial charge in [-0.15, -0.1) is 0 Å². The van der Waals surface area contributed by atoms with Crippen molar-refractivity contribution >= 4 is 11.6 Å². The Morgan fingerprint density at radius 3 is 2.19 bits per heavy atom. The predicted octanol–water partition coefficient (Wildman–Crippen LogP) is 2.54. The van der Waals surface area contributed by atoms with Crippen molar-refractivity contribution in [3.8, 4) is 11.5 Å².